The average Bonchev–Trinajstić information content (AvgIpc) is 2.62. The smallest absolute Gasteiger partial charge is 0.269 e. The van der Waals surface area contributed by atoms with Crippen LogP contribution >= 0.6 is 0 Å². The first-order chi connectivity index (χ1) is 13.6. The molecule has 0 aliphatic carbocycles. The number of carbonyl (C=O) groups excluding carboxylic acids is 2. The maximum Gasteiger partial charge on any atom is 0.269 e. The number of amides is 2. The molecule has 7 nitrogen and oxygen atoms in total. The number of rotatable bonds is 7. The number of nitrogens with two attached hydrogens (primary N) is 2. The SMILES string of the molecule is Cc1c(F)cc(C(=O)NC2CNC2)cc1/C(N)=C/C=C(\N)C(=O)N(C)CC(C)C. The molecule has 0 aromatic heterocycles. The lowest BCUT2D eigenvalue weighted by Crippen LogP contribution is -2.56. The van der Waals surface area contributed by atoms with Gasteiger partial charge in [0, 0.05) is 43.5 Å². The van der Waals surface area contributed by atoms with Gasteiger partial charge in [0.1, 0.15) is 5.82 Å². The average molecular weight is 404 g/mol. The van der Waals surface area contributed by atoms with E-state index in [1.165, 1.54) is 23.1 Å². The molecule has 2 amide bonds. The van der Waals surface area contributed by atoms with Crippen molar-refractivity contribution in [2.45, 2.75) is 26.8 Å². The van der Waals surface area contributed by atoms with Crippen LogP contribution < -0.4 is 22.1 Å². The molecular formula is C21H30FN5O2. The Morgan fingerprint density at radius 1 is 1.31 bits per heavy atom. The van der Waals surface area contributed by atoms with Gasteiger partial charge in [0.25, 0.3) is 11.8 Å². The summed E-state index contributed by atoms with van der Waals surface area (Å²) in [5.74, 6) is -0.883. The van der Waals surface area contributed by atoms with Crippen molar-refractivity contribution >= 4 is 17.5 Å². The number of hydrogen-bond acceptors (Lipinski definition) is 5. The second kappa shape index (κ2) is 9.56. The Bertz CT molecular complexity index is 844. The molecule has 1 saturated heterocycles. The number of benzene rings is 1. The van der Waals surface area contributed by atoms with Crippen molar-refractivity contribution in [2.24, 2.45) is 17.4 Å². The van der Waals surface area contributed by atoms with Crippen LogP contribution in [0.4, 0.5) is 4.39 Å². The van der Waals surface area contributed by atoms with Crippen LogP contribution in [0.2, 0.25) is 0 Å². The second-order valence-electron chi connectivity index (χ2n) is 7.78. The van der Waals surface area contributed by atoms with Crippen molar-refractivity contribution < 1.29 is 14.0 Å². The van der Waals surface area contributed by atoms with Crippen LogP contribution in [-0.4, -0.2) is 49.4 Å². The van der Waals surface area contributed by atoms with E-state index in [9.17, 15) is 14.0 Å². The van der Waals surface area contributed by atoms with Crippen LogP contribution in [0, 0.1) is 18.7 Å². The Balaban J connectivity index is 2.22. The molecule has 0 atom stereocenters. The highest BCUT2D eigenvalue weighted by Gasteiger charge is 2.21. The molecule has 1 fully saturated rings. The van der Waals surface area contributed by atoms with Crippen LogP contribution in [0.15, 0.2) is 30.0 Å². The van der Waals surface area contributed by atoms with Gasteiger partial charge in [-0.3, -0.25) is 9.59 Å². The van der Waals surface area contributed by atoms with E-state index in [0.29, 0.717) is 36.7 Å². The minimum absolute atomic E-state index is 0.0283. The van der Waals surface area contributed by atoms with Crippen LogP contribution in [0.3, 0.4) is 0 Å². The van der Waals surface area contributed by atoms with Gasteiger partial charge >= 0.3 is 0 Å². The normalized spacial score (nSPS) is 15.2. The van der Waals surface area contributed by atoms with Crippen molar-refractivity contribution in [3.63, 3.8) is 0 Å². The number of nitrogens with one attached hydrogen (secondary N) is 2. The van der Waals surface area contributed by atoms with Gasteiger partial charge in [-0.1, -0.05) is 13.8 Å². The highest BCUT2D eigenvalue weighted by molar-refractivity contribution is 5.96. The van der Waals surface area contributed by atoms with Crippen molar-refractivity contribution in [2.75, 3.05) is 26.7 Å². The van der Waals surface area contributed by atoms with Gasteiger partial charge in [-0.25, -0.2) is 4.39 Å². The summed E-state index contributed by atoms with van der Waals surface area (Å²) in [4.78, 5) is 26.2. The van der Waals surface area contributed by atoms with E-state index < -0.39 is 5.82 Å². The van der Waals surface area contributed by atoms with Gasteiger partial charge in [0.2, 0.25) is 0 Å². The molecule has 158 valence electrons. The predicted octanol–water partition coefficient (Wildman–Crippen LogP) is 1.09. The molecule has 0 unspecified atom stereocenters. The number of carbonyl (C=O) groups is 2. The number of nitrogens with zero attached hydrogens (tertiary/aromatic N) is 1. The van der Waals surface area contributed by atoms with Crippen molar-refractivity contribution in [1.29, 1.82) is 0 Å². The topological polar surface area (TPSA) is 113 Å². The molecule has 29 heavy (non-hydrogen) atoms. The molecule has 6 N–H and O–H groups in total. The minimum Gasteiger partial charge on any atom is -0.398 e. The zero-order valence-electron chi connectivity index (χ0n) is 17.4. The third kappa shape index (κ3) is 5.80. The first-order valence-electron chi connectivity index (χ1n) is 9.60. The first kappa shape index (κ1) is 22.4. The summed E-state index contributed by atoms with van der Waals surface area (Å²) in [5.41, 5.74) is 13.1. The lowest BCUT2D eigenvalue weighted by molar-refractivity contribution is -0.126. The van der Waals surface area contributed by atoms with Crippen molar-refractivity contribution in [3.05, 3.63) is 52.5 Å². The van der Waals surface area contributed by atoms with E-state index in [0.717, 1.165) is 0 Å². The fraction of sp³-hybridized carbons (Fsp3) is 0.429. The fourth-order valence-corrected chi connectivity index (χ4v) is 2.96. The maximum absolute atomic E-state index is 14.4. The molecule has 1 aliphatic heterocycles. The van der Waals surface area contributed by atoms with E-state index >= 15 is 0 Å². The summed E-state index contributed by atoms with van der Waals surface area (Å²) in [5, 5.41) is 5.88. The molecule has 0 spiro atoms. The summed E-state index contributed by atoms with van der Waals surface area (Å²) >= 11 is 0. The highest BCUT2D eigenvalue weighted by Crippen LogP contribution is 2.21. The summed E-state index contributed by atoms with van der Waals surface area (Å²) < 4.78 is 14.4. The molecule has 8 heteroatoms. The largest absolute Gasteiger partial charge is 0.398 e. The maximum atomic E-state index is 14.4. The zero-order chi connectivity index (χ0) is 21.7. The lowest BCUT2D eigenvalue weighted by Gasteiger charge is -2.28. The van der Waals surface area contributed by atoms with Crippen LogP contribution in [-0.2, 0) is 4.79 Å². The Labute approximate surface area is 171 Å². The molecule has 1 aromatic rings. The molecule has 0 radical (unpaired) electrons. The van der Waals surface area contributed by atoms with Crippen molar-refractivity contribution in [3.8, 4) is 0 Å². The zero-order valence-corrected chi connectivity index (χ0v) is 17.4. The van der Waals surface area contributed by atoms with Gasteiger partial charge in [-0.2, -0.15) is 0 Å². The molecule has 2 rings (SSSR count). The van der Waals surface area contributed by atoms with Crippen molar-refractivity contribution in [1.82, 2.24) is 15.5 Å². The van der Waals surface area contributed by atoms with E-state index in [2.05, 4.69) is 10.6 Å². The summed E-state index contributed by atoms with van der Waals surface area (Å²) in [7, 11) is 1.68. The quantitative estimate of drug-likeness (QED) is 0.402. The third-order valence-electron chi connectivity index (χ3n) is 4.71. The van der Waals surface area contributed by atoms with E-state index in [-0.39, 0.29) is 34.8 Å². The summed E-state index contributed by atoms with van der Waals surface area (Å²) in [6, 6.07) is 2.78. The van der Waals surface area contributed by atoms with Crippen LogP contribution in [0.25, 0.3) is 5.70 Å². The van der Waals surface area contributed by atoms with E-state index in [1.54, 1.807) is 20.0 Å². The molecule has 0 bridgehead atoms. The van der Waals surface area contributed by atoms with Crippen LogP contribution in [0.5, 0.6) is 0 Å². The Kier molecular flexibility index (Phi) is 7.39. The monoisotopic (exact) mass is 403 g/mol. The number of halogens is 1. The molecule has 1 heterocycles. The number of allylic oxidation sites excluding steroid dienone is 2. The lowest BCUT2D eigenvalue weighted by atomic mass is 10.0. The third-order valence-corrected chi connectivity index (χ3v) is 4.71. The van der Waals surface area contributed by atoms with E-state index in [4.69, 9.17) is 11.5 Å². The van der Waals surface area contributed by atoms with E-state index in [1.807, 2.05) is 13.8 Å². The fourth-order valence-electron chi connectivity index (χ4n) is 2.96. The highest BCUT2D eigenvalue weighted by atomic mass is 19.1. The predicted molar refractivity (Wildman–Crippen MR) is 112 cm³/mol. The Morgan fingerprint density at radius 2 is 1.97 bits per heavy atom. The standard InChI is InChI=1S/C21H30FN5O2/c1-12(2)11-27(4)21(29)19(24)6-5-18(23)16-7-14(8-17(22)13(16)3)20(28)26-15-9-25-10-15/h5-8,12,15,25H,9-11,23-24H2,1-4H3,(H,26,28)/b18-5-,19-6-. The molecule has 1 aliphatic rings. The van der Waals surface area contributed by atoms with Gasteiger partial charge in [-0.15, -0.1) is 0 Å². The first-order valence-corrected chi connectivity index (χ1v) is 9.60. The van der Waals surface area contributed by atoms with Gasteiger partial charge < -0.3 is 27.0 Å². The summed E-state index contributed by atoms with van der Waals surface area (Å²) in [6.45, 7) is 7.55. The molecule has 0 saturated carbocycles. The van der Waals surface area contributed by atoms with Gasteiger partial charge in [0.05, 0.1) is 11.7 Å². The van der Waals surface area contributed by atoms with Crippen LogP contribution in [0.1, 0.15) is 35.3 Å². The second-order valence-corrected chi connectivity index (χ2v) is 7.78. The molecular weight excluding hydrogens is 373 g/mol. The minimum atomic E-state index is -0.527. The Hall–Kier alpha value is -2.87. The van der Waals surface area contributed by atoms with Gasteiger partial charge in [-0.05, 0) is 42.7 Å². The molecule has 1 aromatic carbocycles. The Morgan fingerprint density at radius 3 is 2.52 bits per heavy atom. The number of likely N-dealkylation sites (N-methyl/N-ethyl adjacent to an activating group) is 1. The number of hydrogen-bond donors (Lipinski definition) is 4. The summed E-state index contributed by atoms with van der Waals surface area (Å²) in [6.07, 6.45) is 2.86. The van der Waals surface area contributed by atoms with Gasteiger partial charge in [0.15, 0.2) is 0 Å².